The molecule has 92 heavy (non-hydrogen) atoms. The summed E-state index contributed by atoms with van der Waals surface area (Å²) in [4.78, 5) is 4.80. The van der Waals surface area contributed by atoms with Gasteiger partial charge in [0.2, 0.25) is 0 Å². The molecular formula is C86H76N4O2. The number of hydrogen-bond donors (Lipinski definition) is 0. The van der Waals surface area contributed by atoms with Crippen LogP contribution in [0.2, 0.25) is 0 Å². The minimum atomic E-state index is -0.0565. The van der Waals surface area contributed by atoms with Crippen molar-refractivity contribution in [1.82, 2.24) is 9.13 Å². The van der Waals surface area contributed by atoms with E-state index in [-0.39, 0.29) is 21.7 Å². The van der Waals surface area contributed by atoms with E-state index < -0.39 is 0 Å². The zero-order valence-corrected chi connectivity index (χ0v) is 54.7. The van der Waals surface area contributed by atoms with Crippen LogP contribution in [0, 0.1) is 0 Å². The number of hydrogen-bond acceptors (Lipinski definition) is 4. The van der Waals surface area contributed by atoms with Crippen LogP contribution in [0.1, 0.15) is 105 Å². The van der Waals surface area contributed by atoms with Gasteiger partial charge in [0.05, 0.1) is 33.4 Å². The molecule has 16 aromatic rings. The highest BCUT2D eigenvalue weighted by Gasteiger charge is 2.29. The van der Waals surface area contributed by atoms with Gasteiger partial charge in [0.25, 0.3) is 0 Å². The molecule has 6 heteroatoms. The second kappa shape index (κ2) is 20.6. The van der Waals surface area contributed by atoms with E-state index in [0.29, 0.717) is 0 Å². The second-order valence-corrected chi connectivity index (χ2v) is 29.5. The van der Waals surface area contributed by atoms with E-state index in [1.54, 1.807) is 0 Å². The Morgan fingerprint density at radius 1 is 0.261 bits per heavy atom. The highest BCUT2D eigenvalue weighted by molar-refractivity contribution is 6.18. The smallest absolute Gasteiger partial charge is 0.137 e. The minimum Gasteiger partial charge on any atom is -0.456 e. The molecule has 6 nitrogen and oxygen atoms in total. The van der Waals surface area contributed by atoms with Gasteiger partial charge < -0.3 is 27.8 Å². The number of para-hydroxylation sites is 6. The van der Waals surface area contributed by atoms with Gasteiger partial charge in [0.15, 0.2) is 0 Å². The molecule has 0 saturated carbocycles. The number of nitrogens with zero attached hydrogens (tertiary/aromatic N) is 4. The van der Waals surface area contributed by atoms with Crippen LogP contribution in [0.4, 0.5) is 34.1 Å². The van der Waals surface area contributed by atoms with Gasteiger partial charge in [-0.3, -0.25) is 0 Å². The Balaban J connectivity index is 0.822. The van der Waals surface area contributed by atoms with Crippen LogP contribution in [0.25, 0.3) is 110 Å². The molecule has 4 heterocycles. The second-order valence-electron chi connectivity index (χ2n) is 29.5. The summed E-state index contributed by atoms with van der Waals surface area (Å²) in [5, 5.41) is 11.2. The standard InChI is InChI=1S/C86H76N4O2/c1-83(2,3)55-45-56(84(4,5)6)48-63(47-55)89-73-33-21-19-29-65(73)69-31-23-35-75(81(69)89)87(59-25-15-13-16-26-59)61-37-39-67-71-41-53-44-78-72(42-54(53)43-77(71)91-79(67)51-61)68-40-38-62(52-80(68)92-78)88(60-27-17-14-18-28-60)76-36-24-32-70-66-30-20-22-34-74(66)90(82(70)76)64-49-57(85(7,8)9)46-58(50-64)86(10,11)12/h13-52H,1-12H3. The van der Waals surface area contributed by atoms with Gasteiger partial charge in [-0.05, 0) is 176 Å². The normalized spacial score (nSPS) is 12.8. The summed E-state index contributed by atoms with van der Waals surface area (Å²) >= 11 is 0. The highest BCUT2D eigenvalue weighted by Crippen LogP contribution is 2.49. The third kappa shape index (κ3) is 9.36. The molecule has 0 aliphatic rings. The van der Waals surface area contributed by atoms with Crippen molar-refractivity contribution in [3.05, 3.63) is 265 Å². The Kier molecular flexibility index (Phi) is 12.7. The lowest BCUT2D eigenvalue weighted by molar-refractivity contribution is 0.567. The van der Waals surface area contributed by atoms with Gasteiger partial charge in [0, 0.05) is 89.3 Å². The van der Waals surface area contributed by atoms with Crippen molar-refractivity contribution >= 4 is 132 Å². The topological polar surface area (TPSA) is 42.6 Å². The lowest BCUT2D eigenvalue weighted by Gasteiger charge is -2.28. The molecule has 0 saturated heterocycles. The Morgan fingerprint density at radius 2 is 0.598 bits per heavy atom. The van der Waals surface area contributed by atoms with Gasteiger partial charge >= 0.3 is 0 Å². The third-order valence-corrected chi connectivity index (χ3v) is 19.2. The molecular weight excluding hydrogens is 1120 g/mol. The van der Waals surface area contributed by atoms with Crippen molar-refractivity contribution in [2.24, 2.45) is 0 Å². The van der Waals surface area contributed by atoms with E-state index in [1.165, 1.54) is 54.8 Å². The number of benzene rings is 12. The number of rotatable bonds is 8. The zero-order valence-electron chi connectivity index (χ0n) is 54.7. The van der Waals surface area contributed by atoms with Crippen LogP contribution in [-0.2, 0) is 21.7 Å². The molecule has 452 valence electrons. The molecule has 0 N–H and O–H groups in total. The lowest BCUT2D eigenvalue weighted by atomic mass is 9.80. The summed E-state index contributed by atoms with van der Waals surface area (Å²) in [7, 11) is 0. The molecule has 0 amide bonds. The van der Waals surface area contributed by atoms with Gasteiger partial charge in [-0.2, -0.15) is 0 Å². The van der Waals surface area contributed by atoms with Crippen LogP contribution in [0.15, 0.2) is 251 Å². The predicted octanol–water partition coefficient (Wildman–Crippen LogP) is 25.0. The van der Waals surface area contributed by atoms with Gasteiger partial charge in [-0.15, -0.1) is 0 Å². The summed E-state index contributed by atoms with van der Waals surface area (Å²) in [5.74, 6) is 0. The van der Waals surface area contributed by atoms with Crippen molar-refractivity contribution in [2.75, 3.05) is 9.80 Å². The molecule has 0 unspecified atom stereocenters. The molecule has 0 aliphatic heterocycles. The fourth-order valence-corrected chi connectivity index (χ4v) is 14.2. The third-order valence-electron chi connectivity index (χ3n) is 19.2. The molecule has 0 radical (unpaired) electrons. The van der Waals surface area contributed by atoms with Gasteiger partial charge in [0.1, 0.15) is 22.3 Å². The summed E-state index contributed by atoms with van der Waals surface area (Å²) < 4.78 is 19.0. The van der Waals surface area contributed by atoms with Crippen molar-refractivity contribution in [2.45, 2.75) is 105 Å². The maximum Gasteiger partial charge on any atom is 0.137 e. The van der Waals surface area contributed by atoms with E-state index in [9.17, 15) is 0 Å². The molecule has 16 rings (SSSR count). The predicted molar refractivity (Wildman–Crippen MR) is 391 cm³/mol. The molecule has 0 spiro atoms. The average Bonchev–Trinajstić information content (AvgIpc) is 1.57. The van der Waals surface area contributed by atoms with Gasteiger partial charge in [-0.1, -0.05) is 192 Å². The highest BCUT2D eigenvalue weighted by atomic mass is 16.3. The first-order chi connectivity index (χ1) is 44.1. The van der Waals surface area contributed by atoms with E-state index in [1.807, 2.05) is 0 Å². The zero-order chi connectivity index (χ0) is 63.3. The van der Waals surface area contributed by atoms with E-state index in [4.69, 9.17) is 8.83 Å². The Hall–Kier alpha value is -10.3. The minimum absolute atomic E-state index is 0.0565. The van der Waals surface area contributed by atoms with Crippen LogP contribution in [0.3, 0.4) is 0 Å². The molecule has 0 fully saturated rings. The van der Waals surface area contributed by atoms with E-state index in [0.717, 1.165) is 111 Å². The number of fused-ring (bicyclic) bond motifs is 13. The summed E-state index contributed by atoms with van der Waals surface area (Å²) in [5.41, 5.74) is 21.6. The lowest BCUT2D eigenvalue weighted by Crippen LogP contribution is -2.17. The van der Waals surface area contributed by atoms with Crippen molar-refractivity contribution in [3.8, 4) is 11.4 Å². The molecule has 0 atom stereocenters. The Bertz CT molecular complexity index is 5210. The Morgan fingerprint density at radius 3 is 0.967 bits per heavy atom. The Labute approximate surface area is 538 Å². The molecule has 4 aromatic heterocycles. The van der Waals surface area contributed by atoms with E-state index in [2.05, 4.69) is 345 Å². The van der Waals surface area contributed by atoms with Crippen LogP contribution < -0.4 is 9.80 Å². The van der Waals surface area contributed by atoms with Crippen molar-refractivity contribution < 1.29 is 8.83 Å². The van der Waals surface area contributed by atoms with Crippen LogP contribution in [-0.4, -0.2) is 9.13 Å². The number of aromatic nitrogens is 2. The maximum atomic E-state index is 7.01. The summed E-state index contributed by atoms with van der Waals surface area (Å²) in [6.07, 6.45) is 0. The fourth-order valence-electron chi connectivity index (χ4n) is 14.2. The molecule has 0 aliphatic carbocycles. The first-order valence-corrected chi connectivity index (χ1v) is 32.5. The SMILES string of the molecule is CC(C)(C)c1cc(-n2c3ccccc3c3cccc(N(c4ccccc4)c4ccc5c(c4)oc4cc6cc7c(cc6cc45)oc4cc(N(c5ccccc5)c5cccc6c8ccccc8n(-c8cc(C(C)(C)C)cc(C(C)(C)C)c8)c56)ccc47)c32)cc(C(C)(C)C)c1. The monoisotopic (exact) mass is 1200 g/mol. The first-order valence-electron chi connectivity index (χ1n) is 32.5. The molecule has 0 bridgehead atoms. The first kappa shape index (κ1) is 56.9. The fraction of sp³-hybridized carbons (Fsp3) is 0.186. The van der Waals surface area contributed by atoms with Gasteiger partial charge in [-0.25, -0.2) is 0 Å². The summed E-state index contributed by atoms with van der Waals surface area (Å²) in [6.45, 7) is 27.8. The quantitative estimate of drug-likeness (QED) is 0.152. The van der Waals surface area contributed by atoms with E-state index >= 15 is 0 Å². The van der Waals surface area contributed by atoms with Crippen LogP contribution in [0.5, 0.6) is 0 Å². The maximum absolute atomic E-state index is 7.01. The number of furan rings is 2. The number of anilines is 6. The van der Waals surface area contributed by atoms with Crippen molar-refractivity contribution in [3.63, 3.8) is 0 Å². The largest absolute Gasteiger partial charge is 0.456 e. The molecule has 12 aromatic carbocycles. The van der Waals surface area contributed by atoms with Crippen LogP contribution >= 0.6 is 0 Å². The average molecular weight is 1200 g/mol. The summed E-state index contributed by atoms with van der Waals surface area (Å²) in [6, 6.07) is 89.6. The van der Waals surface area contributed by atoms with Crippen molar-refractivity contribution in [1.29, 1.82) is 0 Å².